The molecule has 2 atom stereocenters. The van der Waals surface area contributed by atoms with Crippen LogP contribution in [-0.2, 0) is 0 Å². The fraction of sp³-hybridized carbons (Fsp3) is 0.500. The number of benzene rings is 1. The number of nitro groups is 1. The lowest BCUT2D eigenvalue weighted by atomic mass is 10.1. The van der Waals surface area contributed by atoms with Gasteiger partial charge in [-0.05, 0) is 32.8 Å². The fourth-order valence-electron chi connectivity index (χ4n) is 3.50. The van der Waals surface area contributed by atoms with E-state index in [0.717, 1.165) is 25.7 Å². The summed E-state index contributed by atoms with van der Waals surface area (Å²) < 4.78 is 1.74. The second-order valence-electron chi connectivity index (χ2n) is 7.20. The Hall–Kier alpha value is -2.90. The van der Waals surface area contributed by atoms with Crippen LogP contribution >= 0.6 is 0 Å². The van der Waals surface area contributed by atoms with Crippen molar-refractivity contribution in [2.75, 3.05) is 5.32 Å². The molecule has 0 radical (unpaired) electrons. The average Bonchev–Trinajstić information content (AvgIpc) is 2.61. The highest BCUT2D eigenvalue weighted by atomic mass is 16.6. The summed E-state index contributed by atoms with van der Waals surface area (Å²) in [5.41, 5.74) is -0.501. The smallest absolute Gasteiger partial charge is 0.341 e. The maximum absolute atomic E-state index is 12.7. The first-order valence-electron chi connectivity index (χ1n) is 9.58. The van der Waals surface area contributed by atoms with Gasteiger partial charge in [0.1, 0.15) is 11.3 Å². The summed E-state index contributed by atoms with van der Waals surface area (Å²) in [5.74, 6) is -1.34. The predicted molar refractivity (Wildman–Crippen MR) is 109 cm³/mol. The van der Waals surface area contributed by atoms with Gasteiger partial charge in [-0.2, -0.15) is 0 Å². The molecule has 152 valence electrons. The zero-order valence-corrected chi connectivity index (χ0v) is 16.7. The molecule has 0 fully saturated rings. The maximum atomic E-state index is 12.7. The number of carboxylic acid groups (broad SMARTS) is 1. The number of nitro benzene ring substituents is 1. The number of fused-ring (bicyclic) bond motifs is 1. The lowest BCUT2D eigenvalue weighted by molar-refractivity contribution is -0.383. The van der Waals surface area contributed by atoms with Gasteiger partial charge in [0, 0.05) is 24.3 Å². The fourth-order valence-corrected chi connectivity index (χ4v) is 3.50. The molecule has 1 heterocycles. The van der Waals surface area contributed by atoms with Crippen LogP contribution in [0.4, 0.5) is 11.4 Å². The number of aromatic carboxylic acids is 1. The molecule has 2 aromatic rings. The van der Waals surface area contributed by atoms with Gasteiger partial charge in [-0.15, -0.1) is 0 Å². The molecule has 0 spiro atoms. The summed E-state index contributed by atoms with van der Waals surface area (Å²) in [6.07, 6.45) is 4.77. The molecule has 0 saturated carbocycles. The number of anilines is 1. The van der Waals surface area contributed by atoms with Crippen molar-refractivity contribution in [3.8, 4) is 0 Å². The van der Waals surface area contributed by atoms with Crippen molar-refractivity contribution in [2.24, 2.45) is 0 Å². The van der Waals surface area contributed by atoms with Crippen molar-refractivity contribution in [1.82, 2.24) is 4.57 Å². The monoisotopic (exact) mass is 389 g/mol. The van der Waals surface area contributed by atoms with Crippen LogP contribution < -0.4 is 10.7 Å². The molecule has 0 aliphatic rings. The molecule has 0 aliphatic heterocycles. The summed E-state index contributed by atoms with van der Waals surface area (Å²) in [4.78, 5) is 35.3. The van der Waals surface area contributed by atoms with E-state index in [0.29, 0.717) is 11.2 Å². The SMILES string of the molecule is CCCC(C)Nc1cc2c(cc1[N+](=O)[O-])c(=O)c(C(=O)O)cn2C(C)CCC. The number of carboxylic acids is 1. The van der Waals surface area contributed by atoms with Gasteiger partial charge in [0.25, 0.3) is 5.69 Å². The lowest BCUT2D eigenvalue weighted by Gasteiger charge is -2.21. The average molecular weight is 389 g/mol. The second-order valence-corrected chi connectivity index (χ2v) is 7.20. The van der Waals surface area contributed by atoms with Crippen molar-refractivity contribution in [3.05, 3.63) is 44.2 Å². The molecule has 2 rings (SSSR count). The second kappa shape index (κ2) is 8.86. The Bertz CT molecular complexity index is 951. The third kappa shape index (κ3) is 4.32. The summed E-state index contributed by atoms with van der Waals surface area (Å²) in [6, 6.07) is 2.75. The third-order valence-electron chi connectivity index (χ3n) is 4.88. The summed E-state index contributed by atoms with van der Waals surface area (Å²) >= 11 is 0. The number of hydrogen-bond donors (Lipinski definition) is 2. The van der Waals surface area contributed by atoms with E-state index < -0.39 is 16.3 Å². The van der Waals surface area contributed by atoms with E-state index in [1.807, 2.05) is 27.7 Å². The summed E-state index contributed by atoms with van der Waals surface area (Å²) in [7, 11) is 0. The van der Waals surface area contributed by atoms with Gasteiger partial charge >= 0.3 is 5.97 Å². The van der Waals surface area contributed by atoms with E-state index in [9.17, 15) is 24.8 Å². The van der Waals surface area contributed by atoms with E-state index in [2.05, 4.69) is 5.32 Å². The Morgan fingerprint density at radius 1 is 1.25 bits per heavy atom. The van der Waals surface area contributed by atoms with E-state index in [4.69, 9.17) is 0 Å². The Morgan fingerprint density at radius 2 is 1.89 bits per heavy atom. The number of nitrogens with one attached hydrogen (secondary N) is 1. The van der Waals surface area contributed by atoms with Crippen LogP contribution in [0.1, 0.15) is 69.8 Å². The minimum atomic E-state index is -1.34. The maximum Gasteiger partial charge on any atom is 0.341 e. The van der Waals surface area contributed by atoms with Gasteiger partial charge < -0.3 is 15.0 Å². The van der Waals surface area contributed by atoms with E-state index in [-0.39, 0.29) is 28.7 Å². The normalized spacial score (nSPS) is 13.3. The van der Waals surface area contributed by atoms with Crippen LogP contribution in [0.2, 0.25) is 0 Å². The van der Waals surface area contributed by atoms with E-state index in [1.165, 1.54) is 12.3 Å². The van der Waals surface area contributed by atoms with Gasteiger partial charge in [0.05, 0.1) is 15.8 Å². The van der Waals surface area contributed by atoms with Crippen LogP contribution in [0.3, 0.4) is 0 Å². The van der Waals surface area contributed by atoms with Crippen LogP contribution in [0.15, 0.2) is 23.1 Å². The molecule has 8 heteroatoms. The van der Waals surface area contributed by atoms with Crippen LogP contribution in [0, 0.1) is 10.1 Å². The molecule has 0 bridgehead atoms. The first kappa shape index (κ1) is 21.4. The molecule has 0 aliphatic carbocycles. The van der Waals surface area contributed by atoms with E-state index in [1.54, 1.807) is 10.6 Å². The van der Waals surface area contributed by atoms with Gasteiger partial charge in [-0.25, -0.2) is 4.79 Å². The number of rotatable bonds is 9. The molecular formula is C20H27N3O5. The zero-order chi connectivity index (χ0) is 21.0. The molecule has 1 aromatic carbocycles. The van der Waals surface area contributed by atoms with Gasteiger partial charge in [0.2, 0.25) is 5.43 Å². The van der Waals surface area contributed by atoms with Crippen LogP contribution in [0.5, 0.6) is 0 Å². The van der Waals surface area contributed by atoms with Crippen molar-refractivity contribution < 1.29 is 14.8 Å². The highest BCUT2D eigenvalue weighted by Gasteiger charge is 2.23. The molecule has 2 unspecified atom stereocenters. The molecule has 0 amide bonds. The lowest BCUT2D eigenvalue weighted by Crippen LogP contribution is -2.21. The zero-order valence-electron chi connectivity index (χ0n) is 16.7. The molecule has 28 heavy (non-hydrogen) atoms. The van der Waals surface area contributed by atoms with Crippen LogP contribution in [0.25, 0.3) is 10.9 Å². The predicted octanol–water partition coefficient (Wildman–Crippen LogP) is 4.57. The Morgan fingerprint density at radius 3 is 2.43 bits per heavy atom. The van der Waals surface area contributed by atoms with Crippen LogP contribution in [-0.4, -0.2) is 26.6 Å². The highest BCUT2D eigenvalue weighted by Crippen LogP contribution is 2.32. The quantitative estimate of drug-likeness (QED) is 0.479. The Labute approximate surface area is 163 Å². The first-order valence-corrected chi connectivity index (χ1v) is 9.58. The Balaban J connectivity index is 2.83. The number of aromatic nitrogens is 1. The van der Waals surface area contributed by atoms with Gasteiger partial charge in [0.15, 0.2) is 0 Å². The number of carbonyl (C=O) groups is 1. The molecule has 0 saturated heterocycles. The number of pyridine rings is 1. The first-order chi connectivity index (χ1) is 13.2. The van der Waals surface area contributed by atoms with E-state index >= 15 is 0 Å². The summed E-state index contributed by atoms with van der Waals surface area (Å²) in [6.45, 7) is 7.93. The van der Waals surface area contributed by atoms with Crippen molar-refractivity contribution in [1.29, 1.82) is 0 Å². The van der Waals surface area contributed by atoms with Gasteiger partial charge in [-0.3, -0.25) is 14.9 Å². The van der Waals surface area contributed by atoms with Crippen molar-refractivity contribution in [3.63, 3.8) is 0 Å². The topological polar surface area (TPSA) is 114 Å². The van der Waals surface area contributed by atoms with Gasteiger partial charge in [-0.1, -0.05) is 26.7 Å². The molecule has 8 nitrogen and oxygen atoms in total. The minimum Gasteiger partial charge on any atom is -0.477 e. The molecule has 1 aromatic heterocycles. The number of nitrogens with zero attached hydrogens (tertiary/aromatic N) is 2. The third-order valence-corrected chi connectivity index (χ3v) is 4.88. The van der Waals surface area contributed by atoms with Crippen molar-refractivity contribution in [2.45, 2.75) is 65.5 Å². The summed E-state index contributed by atoms with van der Waals surface area (Å²) in [5, 5.41) is 24.2. The van der Waals surface area contributed by atoms with Crippen molar-refractivity contribution >= 4 is 28.2 Å². The minimum absolute atomic E-state index is 0.0210. The standard InChI is InChI=1S/C20H27N3O5/c1-5-7-12(3)21-16-10-17-14(9-18(16)23(27)28)19(24)15(20(25)26)11-22(17)13(4)8-6-2/h9-13,21H,5-8H2,1-4H3,(H,25,26). The molecule has 2 N–H and O–H groups in total. The number of hydrogen-bond acceptors (Lipinski definition) is 5. The highest BCUT2D eigenvalue weighted by molar-refractivity contribution is 5.95. The Kier molecular flexibility index (Phi) is 6.77. The largest absolute Gasteiger partial charge is 0.477 e. The molecular weight excluding hydrogens is 362 g/mol.